The molecular weight excluding hydrogens is 414 g/mol. The zero-order valence-corrected chi connectivity index (χ0v) is 17.3. The highest BCUT2D eigenvalue weighted by molar-refractivity contribution is 6.29. The molecule has 4 aromatic rings. The lowest BCUT2D eigenvalue weighted by atomic mass is 9.99. The number of Topliss-reactive ketones (excluding diaryl/α,β-unsaturated/α-hetero) is 1. The standard InChI is InChI=1S/C26H13N5O2/c1-31-21(16-8-6-15(12-27)7-9-16)11-22-26(31)30-23(33-22)10-20-24(17(13-28)14-29)18-4-2-3-5-19(18)25(20)32/h2-11H,1H3/b20-10-. The third kappa shape index (κ3) is 3.03. The number of fused-ring (bicyclic) bond motifs is 2. The summed E-state index contributed by atoms with van der Waals surface area (Å²) in [6.45, 7) is 0. The molecule has 1 aliphatic carbocycles. The molecule has 0 radical (unpaired) electrons. The molecule has 154 valence electrons. The Balaban J connectivity index is 1.62. The molecule has 0 saturated heterocycles. The van der Waals surface area contributed by atoms with Gasteiger partial charge in [-0.15, -0.1) is 0 Å². The number of aryl methyl sites for hydroxylation is 1. The molecule has 0 amide bonds. The fraction of sp³-hybridized carbons (Fsp3) is 0.0385. The second-order valence-electron chi connectivity index (χ2n) is 7.42. The van der Waals surface area contributed by atoms with Gasteiger partial charge in [0, 0.05) is 35.9 Å². The SMILES string of the molecule is Cn1c(-c2ccc(C#N)cc2)cc2oc(/C=C3\C(=O)c4ccccc4C3=C(C#N)C#N)nc21. The Kier molecular flexibility index (Phi) is 4.49. The average molecular weight is 427 g/mol. The summed E-state index contributed by atoms with van der Waals surface area (Å²) in [5, 5.41) is 27.9. The van der Waals surface area contributed by atoms with Crippen LogP contribution in [-0.2, 0) is 7.05 Å². The fourth-order valence-corrected chi connectivity index (χ4v) is 4.03. The Morgan fingerprint density at radius 3 is 2.36 bits per heavy atom. The maximum atomic E-state index is 13.0. The number of nitriles is 3. The van der Waals surface area contributed by atoms with Crippen LogP contribution in [0.5, 0.6) is 0 Å². The van der Waals surface area contributed by atoms with Crippen molar-refractivity contribution in [2.45, 2.75) is 0 Å². The summed E-state index contributed by atoms with van der Waals surface area (Å²) >= 11 is 0. The van der Waals surface area contributed by atoms with Gasteiger partial charge in [0.2, 0.25) is 5.89 Å². The summed E-state index contributed by atoms with van der Waals surface area (Å²) in [6.07, 6.45) is 1.48. The van der Waals surface area contributed by atoms with E-state index >= 15 is 0 Å². The summed E-state index contributed by atoms with van der Waals surface area (Å²) in [7, 11) is 1.85. The van der Waals surface area contributed by atoms with Crippen LogP contribution >= 0.6 is 0 Å². The van der Waals surface area contributed by atoms with Gasteiger partial charge in [-0.1, -0.05) is 36.4 Å². The minimum atomic E-state index is -0.288. The van der Waals surface area contributed by atoms with E-state index in [9.17, 15) is 15.3 Å². The Morgan fingerprint density at radius 1 is 1.03 bits per heavy atom. The van der Waals surface area contributed by atoms with E-state index in [1.54, 1.807) is 36.4 Å². The van der Waals surface area contributed by atoms with E-state index in [0.29, 0.717) is 33.5 Å². The maximum absolute atomic E-state index is 13.0. The summed E-state index contributed by atoms with van der Waals surface area (Å²) < 4.78 is 7.76. The maximum Gasteiger partial charge on any atom is 0.222 e. The molecule has 2 aromatic carbocycles. The van der Waals surface area contributed by atoms with Crippen LogP contribution < -0.4 is 0 Å². The Morgan fingerprint density at radius 2 is 1.73 bits per heavy atom. The number of carbonyl (C=O) groups is 1. The van der Waals surface area contributed by atoms with E-state index in [4.69, 9.17) is 9.68 Å². The molecule has 0 atom stereocenters. The average Bonchev–Trinajstić information content (AvgIpc) is 3.47. The zero-order chi connectivity index (χ0) is 23.1. The number of ketones is 1. The van der Waals surface area contributed by atoms with Gasteiger partial charge in [-0.05, 0) is 23.3 Å². The fourth-order valence-electron chi connectivity index (χ4n) is 4.03. The molecule has 0 unspecified atom stereocenters. The Bertz CT molecular complexity index is 1640. The van der Waals surface area contributed by atoms with Gasteiger partial charge in [-0.25, -0.2) is 0 Å². The Hall–Kier alpha value is -5.19. The number of benzene rings is 2. The van der Waals surface area contributed by atoms with Crippen LogP contribution in [0.1, 0.15) is 27.4 Å². The third-order valence-electron chi connectivity index (χ3n) is 5.60. The van der Waals surface area contributed by atoms with Crippen LogP contribution in [0.2, 0.25) is 0 Å². The van der Waals surface area contributed by atoms with Gasteiger partial charge >= 0.3 is 0 Å². The highest BCUT2D eigenvalue weighted by atomic mass is 16.3. The number of aromatic nitrogens is 2. The highest BCUT2D eigenvalue weighted by Gasteiger charge is 2.32. The minimum absolute atomic E-state index is 0.140. The van der Waals surface area contributed by atoms with Crippen LogP contribution in [0, 0.1) is 34.0 Å². The molecule has 2 heterocycles. The molecule has 33 heavy (non-hydrogen) atoms. The molecule has 0 bridgehead atoms. The topological polar surface area (TPSA) is 119 Å². The number of oxazole rings is 1. The first-order valence-electron chi connectivity index (χ1n) is 9.93. The summed E-state index contributed by atoms with van der Waals surface area (Å²) in [4.78, 5) is 17.6. The molecule has 0 fully saturated rings. The van der Waals surface area contributed by atoms with E-state index in [0.717, 1.165) is 11.3 Å². The molecule has 7 nitrogen and oxygen atoms in total. The summed E-state index contributed by atoms with van der Waals surface area (Å²) in [5.41, 5.74) is 4.78. The zero-order valence-electron chi connectivity index (χ0n) is 17.3. The number of rotatable bonds is 2. The first-order chi connectivity index (χ1) is 16.0. The molecule has 0 aliphatic heterocycles. The van der Waals surface area contributed by atoms with Gasteiger partial charge in [0.1, 0.15) is 17.7 Å². The smallest absolute Gasteiger partial charge is 0.222 e. The minimum Gasteiger partial charge on any atom is -0.435 e. The molecule has 5 rings (SSSR count). The quantitative estimate of drug-likeness (QED) is 0.335. The Labute approximate surface area is 188 Å². The first-order valence-corrected chi connectivity index (χ1v) is 9.93. The number of nitrogens with zero attached hydrogens (tertiary/aromatic N) is 5. The van der Waals surface area contributed by atoms with Crippen molar-refractivity contribution in [1.82, 2.24) is 9.55 Å². The van der Waals surface area contributed by atoms with Crippen molar-refractivity contribution in [1.29, 1.82) is 15.8 Å². The van der Waals surface area contributed by atoms with Crippen LogP contribution in [0.25, 0.3) is 34.1 Å². The molecule has 7 heteroatoms. The molecule has 2 aromatic heterocycles. The van der Waals surface area contributed by atoms with Gasteiger partial charge in [-0.3, -0.25) is 4.79 Å². The highest BCUT2D eigenvalue weighted by Crippen LogP contribution is 2.40. The molecular formula is C26H13N5O2. The van der Waals surface area contributed by atoms with Gasteiger partial charge in [0.05, 0.1) is 17.3 Å². The van der Waals surface area contributed by atoms with Crippen molar-refractivity contribution >= 4 is 28.7 Å². The summed E-state index contributed by atoms with van der Waals surface area (Å²) in [5.74, 6) is -0.0880. The number of carbonyl (C=O) groups excluding carboxylic acids is 1. The second-order valence-corrected chi connectivity index (χ2v) is 7.42. The predicted molar refractivity (Wildman–Crippen MR) is 120 cm³/mol. The van der Waals surface area contributed by atoms with E-state index in [2.05, 4.69) is 11.1 Å². The van der Waals surface area contributed by atoms with Gasteiger partial charge < -0.3 is 8.98 Å². The number of allylic oxidation sites excluding steroid dienone is 3. The van der Waals surface area contributed by atoms with Gasteiger partial charge in [0.15, 0.2) is 17.0 Å². The molecule has 0 N–H and O–H groups in total. The molecule has 0 spiro atoms. The van der Waals surface area contributed by atoms with Crippen molar-refractivity contribution in [3.8, 4) is 29.5 Å². The van der Waals surface area contributed by atoms with Crippen molar-refractivity contribution < 1.29 is 9.21 Å². The lowest BCUT2D eigenvalue weighted by Crippen LogP contribution is -1.96. The molecule has 1 aliphatic rings. The van der Waals surface area contributed by atoms with Crippen molar-refractivity contribution in [3.05, 3.63) is 88.3 Å². The van der Waals surface area contributed by atoms with Crippen LogP contribution in [0.4, 0.5) is 0 Å². The van der Waals surface area contributed by atoms with E-state index < -0.39 is 0 Å². The van der Waals surface area contributed by atoms with Crippen LogP contribution in [0.15, 0.2) is 70.2 Å². The van der Waals surface area contributed by atoms with Crippen LogP contribution in [-0.4, -0.2) is 15.3 Å². The van der Waals surface area contributed by atoms with Crippen molar-refractivity contribution in [3.63, 3.8) is 0 Å². The van der Waals surface area contributed by atoms with Crippen molar-refractivity contribution in [2.75, 3.05) is 0 Å². The molecule has 0 saturated carbocycles. The monoisotopic (exact) mass is 427 g/mol. The lowest BCUT2D eigenvalue weighted by Gasteiger charge is -2.03. The second kappa shape index (κ2) is 7.50. The van der Waals surface area contributed by atoms with E-state index in [1.165, 1.54) is 6.08 Å². The normalized spacial score (nSPS) is 13.6. The summed E-state index contributed by atoms with van der Waals surface area (Å²) in [6, 6.07) is 21.8. The largest absolute Gasteiger partial charge is 0.435 e. The number of hydrogen-bond acceptors (Lipinski definition) is 6. The first kappa shape index (κ1) is 19.8. The van der Waals surface area contributed by atoms with Gasteiger partial charge in [0.25, 0.3) is 0 Å². The van der Waals surface area contributed by atoms with E-state index in [-0.39, 0.29) is 22.8 Å². The van der Waals surface area contributed by atoms with Gasteiger partial charge in [-0.2, -0.15) is 20.8 Å². The van der Waals surface area contributed by atoms with E-state index in [1.807, 2.05) is 42.0 Å². The number of hydrogen-bond donors (Lipinski definition) is 0. The van der Waals surface area contributed by atoms with Crippen molar-refractivity contribution in [2.24, 2.45) is 7.05 Å². The third-order valence-corrected chi connectivity index (χ3v) is 5.60. The predicted octanol–water partition coefficient (Wildman–Crippen LogP) is 4.79. The lowest BCUT2D eigenvalue weighted by molar-refractivity contribution is 0.104. The van der Waals surface area contributed by atoms with Crippen LogP contribution in [0.3, 0.4) is 0 Å².